The minimum absolute atomic E-state index is 0.184. The Labute approximate surface area is 244 Å². The quantitative estimate of drug-likeness (QED) is 0.121. The Balaban J connectivity index is 1.68. The second-order valence-electron chi connectivity index (χ2n) is 10.1. The van der Waals surface area contributed by atoms with Crippen molar-refractivity contribution in [3.05, 3.63) is 28.4 Å². The fourth-order valence-electron chi connectivity index (χ4n) is 4.70. The lowest BCUT2D eigenvalue weighted by molar-refractivity contribution is -0.277. The van der Waals surface area contributed by atoms with E-state index in [-0.39, 0.29) is 5.56 Å². The average Bonchev–Trinajstić information content (AvgIpc) is 2.99. The highest BCUT2D eigenvalue weighted by Crippen LogP contribution is 2.51. The number of ether oxygens (including phenoxy) is 4. The van der Waals surface area contributed by atoms with Crippen molar-refractivity contribution < 1.29 is 84.6 Å². The molecule has 0 aliphatic carbocycles. The van der Waals surface area contributed by atoms with Crippen molar-refractivity contribution in [1.82, 2.24) is 0 Å². The van der Waals surface area contributed by atoms with Gasteiger partial charge in [-0.15, -0.1) is 0 Å². The molecule has 1 aromatic heterocycles. The lowest BCUT2D eigenvalue weighted by Gasteiger charge is -2.39. The molecule has 18 heteroatoms. The van der Waals surface area contributed by atoms with Gasteiger partial charge in [0.15, 0.2) is 34.0 Å². The summed E-state index contributed by atoms with van der Waals surface area (Å²) in [5, 5.41) is 121. The van der Waals surface area contributed by atoms with Crippen LogP contribution in [0, 0.1) is 0 Å². The van der Waals surface area contributed by atoms with Crippen LogP contribution in [0.5, 0.6) is 40.2 Å². The van der Waals surface area contributed by atoms with Crippen LogP contribution >= 0.6 is 0 Å². The molecule has 18 nitrogen and oxygen atoms in total. The van der Waals surface area contributed by atoms with Gasteiger partial charge in [-0.2, -0.15) is 0 Å². The van der Waals surface area contributed by atoms with Crippen molar-refractivity contribution in [2.24, 2.45) is 0 Å². The second-order valence-corrected chi connectivity index (χ2v) is 10.1. The molecule has 3 aromatic rings. The van der Waals surface area contributed by atoms with Crippen molar-refractivity contribution in [1.29, 1.82) is 0 Å². The first-order valence-electron chi connectivity index (χ1n) is 12.9. The summed E-state index contributed by atoms with van der Waals surface area (Å²) in [4.78, 5) is 13.3. The monoisotopic (exact) mass is 628 g/mol. The minimum Gasteiger partial charge on any atom is -0.504 e. The van der Waals surface area contributed by atoms with Gasteiger partial charge < -0.3 is 84.6 Å². The molecule has 9 atom stereocenters. The Hall–Kier alpha value is -4.11. The van der Waals surface area contributed by atoms with Gasteiger partial charge in [0, 0.05) is 11.6 Å². The molecule has 2 aliphatic rings. The first-order chi connectivity index (χ1) is 20.7. The molecule has 0 radical (unpaired) electrons. The van der Waals surface area contributed by atoms with Crippen LogP contribution in [0.1, 0.15) is 0 Å². The van der Waals surface area contributed by atoms with Crippen LogP contribution in [-0.2, 0) is 9.47 Å². The zero-order chi connectivity index (χ0) is 32.2. The lowest BCUT2D eigenvalue weighted by atomic mass is 9.99. The number of hydrogen-bond acceptors (Lipinski definition) is 18. The van der Waals surface area contributed by atoms with Crippen LogP contribution < -0.4 is 14.9 Å². The molecule has 12 N–H and O–H groups in total. The highest BCUT2D eigenvalue weighted by Gasteiger charge is 2.46. The van der Waals surface area contributed by atoms with Gasteiger partial charge in [-0.05, 0) is 12.1 Å². The third-order valence-corrected chi connectivity index (χ3v) is 7.16. The molecule has 0 saturated carbocycles. The first-order valence-corrected chi connectivity index (χ1v) is 12.9. The summed E-state index contributed by atoms with van der Waals surface area (Å²) >= 11 is 0. The molecule has 3 heterocycles. The SMILES string of the molecule is O=c1cc(-c2cc(O)c(O)c(O)c2)oc2c(O[C@@H]3OC[C@H](O)[C@H](O)[C@H]3O)c(O)c(O[C@@H]3O[C@H](CO)[C@@H](O)[C@H](O)[C@H]3O)c(O)c12. The number of aromatic hydroxyl groups is 5. The van der Waals surface area contributed by atoms with Gasteiger partial charge in [0.2, 0.25) is 29.8 Å². The number of aliphatic hydroxyl groups excluding tert-OH is 7. The number of fused-ring (bicyclic) bond motifs is 1. The van der Waals surface area contributed by atoms with E-state index in [4.69, 9.17) is 23.4 Å². The van der Waals surface area contributed by atoms with Gasteiger partial charge in [0.05, 0.1) is 13.2 Å². The number of phenols is 5. The molecule has 0 amide bonds. The molecule has 2 aromatic carbocycles. The van der Waals surface area contributed by atoms with E-state index in [1.807, 2.05) is 0 Å². The number of phenolic OH excluding ortho intramolecular Hbond substituents is 5. The summed E-state index contributed by atoms with van der Waals surface area (Å²) in [5.74, 6) is -7.10. The highest BCUT2D eigenvalue weighted by molar-refractivity contribution is 5.95. The second kappa shape index (κ2) is 11.8. The minimum atomic E-state index is -2.03. The van der Waals surface area contributed by atoms with Crippen molar-refractivity contribution in [3.8, 4) is 51.6 Å². The van der Waals surface area contributed by atoms with Crippen molar-refractivity contribution in [2.45, 2.75) is 55.3 Å². The normalized spacial score (nSPS) is 30.8. The van der Waals surface area contributed by atoms with Gasteiger partial charge >= 0.3 is 0 Å². The topological polar surface area (TPSA) is 310 Å². The Morgan fingerprint density at radius 3 is 1.98 bits per heavy atom. The van der Waals surface area contributed by atoms with E-state index < -0.39 is 131 Å². The maximum atomic E-state index is 13.3. The van der Waals surface area contributed by atoms with Crippen LogP contribution in [0.3, 0.4) is 0 Å². The third-order valence-electron chi connectivity index (χ3n) is 7.16. The van der Waals surface area contributed by atoms with E-state index in [9.17, 15) is 66.1 Å². The van der Waals surface area contributed by atoms with Gasteiger partial charge in [0.25, 0.3) is 0 Å². The Kier molecular flexibility index (Phi) is 8.37. The molecule has 0 bridgehead atoms. The van der Waals surface area contributed by atoms with Crippen LogP contribution in [0.4, 0.5) is 0 Å². The first kappa shape index (κ1) is 31.3. The van der Waals surface area contributed by atoms with Crippen molar-refractivity contribution in [2.75, 3.05) is 13.2 Å². The van der Waals surface area contributed by atoms with E-state index >= 15 is 0 Å². The van der Waals surface area contributed by atoms with E-state index in [0.29, 0.717) is 0 Å². The van der Waals surface area contributed by atoms with E-state index in [1.54, 1.807) is 0 Å². The Bertz CT molecular complexity index is 1580. The standard InChI is InChI=1S/C26H28O18/c27-4-12-16(34)18(36)20(38)26(42-12)43-23-17(35)13-7(28)3-11(6-1-8(29)14(32)9(30)2-6)41-22(13)24(21(23)39)44-25-19(37)15(33)10(31)5-40-25/h1-3,10,12,15-16,18-20,25-27,29-39H,4-5H2/t10-,12+,15-,16+,18-,19+,20+,25-,26-/m0/s1. The largest absolute Gasteiger partial charge is 0.504 e. The molecule has 240 valence electrons. The van der Waals surface area contributed by atoms with E-state index in [2.05, 4.69) is 0 Å². The molecule has 2 saturated heterocycles. The van der Waals surface area contributed by atoms with Crippen molar-refractivity contribution in [3.63, 3.8) is 0 Å². The van der Waals surface area contributed by atoms with Gasteiger partial charge in [-0.3, -0.25) is 4.79 Å². The zero-order valence-corrected chi connectivity index (χ0v) is 22.2. The third kappa shape index (κ3) is 5.27. The summed E-state index contributed by atoms with van der Waals surface area (Å²) < 4.78 is 27.1. The average molecular weight is 628 g/mol. The number of hydrogen-bond donors (Lipinski definition) is 12. The predicted molar refractivity (Wildman–Crippen MR) is 139 cm³/mol. The summed E-state index contributed by atoms with van der Waals surface area (Å²) in [6, 6.07) is 2.58. The van der Waals surface area contributed by atoms with Crippen molar-refractivity contribution >= 4 is 11.0 Å². The molecular formula is C26H28O18. The van der Waals surface area contributed by atoms with Crippen LogP contribution in [-0.4, -0.2) is 130 Å². The van der Waals surface area contributed by atoms with Crippen LogP contribution in [0.25, 0.3) is 22.3 Å². The number of aliphatic hydroxyl groups is 7. The van der Waals surface area contributed by atoms with E-state index in [1.165, 1.54) is 0 Å². The Morgan fingerprint density at radius 2 is 1.34 bits per heavy atom. The summed E-state index contributed by atoms with van der Waals surface area (Å²) in [6.45, 7) is -1.41. The highest BCUT2D eigenvalue weighted by atomic mass is 16.7. The number of benzene rings is 2. The Morgan fingerprint density at radius 1 is 0.727 bits per heavy atom. The van der Waals surface area contributed by atoms with Crippen LogP contribution in [0.15, 0.2) is 27.4 Å². The fourth-order valence-corrected chi connectivity index (χ4v) is 4.70. The zero-order valence-electron chi connectivity index (χ0n) is 22.2. The number of rotatable bonds is 6. The smallest absolute Gasteiger partial charge is 0.229 e. The van der Waals surface area contributed by atoms with Gasteiger partial charge in [0.1, 0.15) is 53.9 Å². The molecule has 2 fully saturated rings. The molecule has 0 unspecified atom stereocenters. The molecular weight excluding hydrogens is 600 g/mol. The van der Waals surface area contributed by atoms with Gasteiger partial charge in [-0.25, -0.2) is 0 Å². The maximum absolute atomic E-state index is 13.3. The molecule has 44 heavy (non-hydrogen) atoms. The van der Waals surface area contributed by atoms with Gasteiger partial charge in [-0.1, -0.05) is 0 Å². The molecule has 0 spiro atoms. The summed E-state index contributed by atoms with van der Waals surface area (Å²) in [6.07, 6.45) is -16.3. The summed E-state index contributed by atoms with van der Waals surface area (Å²) in [5.41, 5.74) is -1.99. The maximum Gasteiger partial charge on any atom is 0.229 e. The van der Waals surface area contributed by atoms with Crippen LogP contribution in [0.2, 0.25) is 0 Å². The summed E-state index contributed by atoms with van der Waals surface area (Å²) in [7, 11) is 0. The molecule has 2 aliphatic heterocycles. The fraction of sp³-hybridized carbons (Fsp3) is 0.423. The molecule has 5 rings (SSSR count). The lowest BCUT2D eigenvalue weighted by Crippen LogP contribution is -2.60. The predicted octanol–water partition coefficient (Wildman–Crippen LogP) is -3.02. The van der Waals surface area contributed by atoms with E-state index in [0.717, 1.165) is 18.2 Å².